The summed E-state index contributed by atoms with van der Waals surface area (Å²) in [4.78, 5) is 13.1. The summed E-state index contributed by atoms with van der Waals surface area (Å²) in [6, 6.07) is -0.842. The van der Waals surface area contributed by atoms with Gasteiger partial charge in [0.05, 0.1) is 25.4 Å². The second kappa shape index (κ2) is 66.7. The molecule has 0 radical (unpaired) electrons. The minimum Gasteiger partial charge on any atom is -0.394 e. The number of aliphatic hydroxyl groups is 5. The van der Waals surface area contributed by atoms with E-state index in [0.29, 0.717) is 6.42 Å². The molecule has 1 aliphatic rings. The average molecular weight is 1240 g/mol. The van der Waals surface area contributed by atoms with Gasteiger partial charge in [0.25, 0.3) is 0 Å². The number of ether oxygens (including phenoxy) is 2. The minimum absolute atomic E-state index is 0.215. The third-order valence-corrected chi connectivity index (χ3v) is 16.1. The van der Waals surface area contributed by atoms with Crippen LogP contribution in [-0.4, -0.2) is 87.5 Å². The number of unbranched alkanes of at least 4 members (excludes halogenated alkanes) is 27. The van der Waals surface area contributed by atoms with Gasteiger partial charge in [0, 0.05) is 6.42 Å². The second-order valence-electron chi connectivity index (χ2n) is 24.3. The van der Waals surface area contributed by atoms with E-state index < -0.39 is 49.5 Å². The van der Waals surface area contributed by atoms with E-state index in [1.807, 2.05) is 6.08 Å². The molecule has 9 nitrogen and oxygen atoms in total. The van der Waals surface area contributed by atoms with Crippen molar-refractivity contribution in [1.29, 1.82) is 0 Å². The predicted molar refractivity (Wildman–Crippen MR) is 382 cm³/mol. The number of aliphatic hydroxyl groups excluding tert-OH is 5. The summed E-state index contributed by atoms with van der Waals surface area (Å²) in [7, 11) is 0. The van der Waals surface area contributed by atoms with Crippen LogP contribution in [0.3, 0.4) is 0 Å². The lowest BCUT2D eigenvalue weighted by atomic mass is 9.99. The van der Waals surface area contributed by atoms with E-state index in [1.54, 1.807) is 6.08 Å². The van der Waals surface area contributed by atoms with Gasteiger partial charge >= 0.3 is 0 Å². The maximum atomic E-state index is 13.1. The summed E-state index contributed by atoms with van der Waals surface area (Å²) in [5, 5.41) is 54.8. The molecule has 1 rings (SSSR count). The maximum absolute atomic E-state index is 13.1. The highest BCUT2D eigenvalue weighted by atomic mass is 16.7. The van der Waals surface area contributed by atoms with E-state index in [1.165, 1.54) is 148 Å². The third-order valence-electron chi connectivity index (χ3n) is 16.1. The molecule has 1 aliphatic heterocycles. The Morgan fingerprint density at radius 3 is 1.03 bits per heavy atom. The first-order chi connectivity index (χ1) is 43.8. The smallest absolute Gasteiger partial charge is 0.220 e. The zero-order valence-corrected chi connectivity index (χ0v) is 56.6. The number of carbonyl (C=O) groups is 1. The van der Waals surface area contributed by atoms with Gasteiger partial charge in [-0.05, 0) is 109 Å². The van der Waals surface area contributed by atoms with Crippen LogP contribution in [0.15, 0.2) is 158 Å². The molecule has 6 N–H and O–H groups in total. The lowest BCUT2D eigenvalue weighted by Crippen LogP contribution is -2.60. The van der Waals surface area contributed by atoms with Gasteiger partial charge in [-0.3, -0.25) is 4.79 Å². The van der Waals surface area contributed by atoms with Crippen molar-refractivity contribution >= 4 is 5.91 Å². The van der Waals surface area contributed by atoms with Crippen LogP contribution in [0.25, 0.3) is 0 Å². The summed E-state index contributed by atoms with van der Waals surface area (Å²) in [5.74, 6) is -0.222. The topological polar surface area (TPSA) is 149 Å². The fourth-order valence-corrected chi connectivity index (χ4v) is 10.5. The summed E-state index contributed by atoms with van der Waals surface area (Å²) >= 11 is 0. The molecule has 89 heavy (non-hydrogen) atoms. The number of allylic oxidation sites excluding steroid dienone is 25. The van der Waals surface area contributed by atoms with Gasteiger partial charge in [-0.15, -0.1) is 0 Å². The van der Waals surface area contributed by atoms with Crippen molar-refractivity contribution in [2.75, 3.05) is 13.2 Å². The van der Waals surface area contributed by atoms with E-state index in [4.69, 9.17) is 9.47 Å². The molecule has 0 bridgehead atoms. The van der Waals surface area contributed by atoms with E-state index in [-0.39, 0.29) is 18.9 Å². The minimum atomic E-state index is -1.59. The highest BCUT2D eigenvalue weighted by Gasteiger charge is 2.44. The number of carbonyl (C=O) groups excluding carboxylic acids is 1. The summed E-state index contributed by atoms with van der Waals surface area (Å²) in [6.45, 7) is 3.66. The van der Waals surface area contributed by atoms with Crippen molar-refractivity contribution in [3.63, 3.8) is 0 Å². The lowest BCUT2D eigenvalue weighted by Gasteiger charge is -2.40. The number of hydrogen-bond acceptors (Lipinski definition) is 8. The average Bonchev–Trinajstić information content (AvgIpc) is 2.42. The Balaban J connectivity index is 2.21. The molecule has 1 heterocycles. The first-order valence-corrected chi connectivity index (χ1v) is 36.2. The van der Waals surface area contributed by atoms with Crippen LogP contribution in [0.2, 0.25) is 0 Å². The largest absolute Gasteiger partial charge is 0.394 e. The molecule has 7 atom stereocenters. The Labute approximate surface area is 546 Å². The second-order valence-corrected chi connectivity index (χ2v) is 24.3. The number of nitrogens with one attached hydrogen (secondary N) is 1. The molecular formula is C80H133NO8. The van der Waals surface area contributed by atoms with Crippen LogP contribution in [0.5, 0.6) is 0 Å². The van der Waals surface area contributed by atoms with Crippen molar-refractivity contribution in [3.05, 3.63) is 158 Å². The van der Waals surface area contributed by atoms with Gasteiger partial charge in [-0.1, -0.05) is 326 Å². The lowest BCUT2D eigenvalue weighted by molar-refractivity contribution is -0.302. The molecule has 0 aromatic carbocycles. The van der Waals surface area contributed by atoms with E-state index in [2.05, 4.69) is 165 Å². The molecule has 0 aliphatic carbocycles. The van der Waals surface area contributed by atoms with Gasteiger partial charge < -0.3 is 40.3 Å². The van der Waals surface area contributed by atoms with Gasteiger partial charge in [-0.2, -0.15) is 0 Å². The fourth-order valence-electron chi connectivity index (χ4n) is 10.5. The highest BCUT2D eigenvalue weighted by molar-refractivity contribution is 5.76. The molecule has 0 spiro atoms. The molecule has 506 valence electrons. The molecule has 1 amide bonds. The first kappa shape index (κ1) is 82.8. The Hall–Kier alpha value is -4.19. The van der Waals surface area contributed by atoms with Gasteiger partial charge in [-0.25, -0.2) is 0 Å². The Morgan fingerprint density at radius 2 is 0.697 bits per heavy atom. The van der Waals surface area contributed by atoms with Crippen LogP contribution in [0.1, 0.15) is 284 Å². The number of rotatable bonds is 61. The van der Waals surface area contributed by atoms with E-state index >= 15 is 0 Å². The van der Waals surface area contributed by atoms with Crippen LogP contribution in [0, 0.1) is 0 Å². The van der Waals surface area contributed by atoms with Crippen LogP contribution in [0.4, 0.5) is 0 Å². The molecule has 1 fully saturated rings. The van der Waals surface area contributed by atoms with Crippen molar-refractivity contribution in [1.82, 2.24) is 5.32 Å². The summed E-state index contributed by atoms with van der Waals surface area (Å²) < 4.78 is 11.3. The van der Waals surface area contributed by atoms with Gasteiger partial charge in [0.2, 0.25) is 5.91 Å². The van der Waals surface area contributed by atoms with Crippen molar-refractivity contribution in [2.45, 2.75) is 326 Å². The van der Waals surface area contributed by atoms with Crippen molar-refractivity contribution in [3.8, 4) is 0 Å². The third kappa shape index (κ3) is 55.2. The number of hydrogen-bond donors (Lipinski definition) is 6. The molecule has 9 heteroatoms. The SMILES string of the molecule is CC/C=C\C/C=C\C/C=C\C/C=C\C/C=C\C/C=C\C/C=C\C/C=C\C/C=C\C/C=C\C/C=C\C/C=C\CCCCC(=O)NC(COC1OC(CO)C(O)C(O)C1O)C(O)/C=C/CCCCCCCCCCCCCCCCCCCCCCCCCCC. The summed E-state index contributed by atoms with van der Waals surface area (Å²) in [5.41, 5.74) is 0. The normalized spacial score (nSPS) is 18.8. The monoisotopic (exact) mass is 1240 g/mol. The molecule has 0 saturated carbocycles. The van der Waals surface area contributed by atoms with E-state index in [9.17, 15) is 30.3 Å². The van der Waals surface area contributed by atoms with Crippen LogP contribution < -0.4 is 5.32 Å². The highest BCUT2D eigenvalue weighted by Crippen LogP contribution is 2.23. The quantitative estimate of drug-likeness (QED) is 0.0261. The predicted octanol–water partition coefficient (Wildman–Crippen LogP) is 20.3. The Morgan fingerprint density at radius 1 is 0.393 bits per heavy atom. The standard InChI is InChI=1S/C80H133NO8/c1-3-5-7-9-11-13-15-17-19-21-23-25-27-29-31-32-33-34-35-36-37-38-39-40-41-42-44-46-48-50-52-54-56-58-60-62-64-66-68-70-76(84)81-73(72-88-80-79(87)78(86)77(85)75(71-82)89-80)74(83)69-67-65-63-61-59-57-55-53-51-49-47-45-43-30-28-26-24-22-20-18-16-14-12-10-8-6-4-2/h5,7,11,13,17,19,23,25,29,31,33-34,36-37,39-40,42,44,48,50,54,56,60,62,67,69,73-75,77-80,82-83,85-87H,3-4,6,8-10,12,14-16,18,20-22,24,26-28,30,32,35,38,41,43,45-47,49,51-53,55,57-59,61,63-66,68,70-72H2,1-2H3,(H,81,84)/b7-5-,13-11-,19-17-,25-23-,31-29-,34-33-,37-36-,40-39-,44-42-,50-48-,56-54-,62-60-,69-67+. The van der Waals surface area contributed by atoms with Gasteiger partial charge in [0.1, 0.15) is 24.4 Å². The van der Waals surface area contributed by atoms with E-state index in [0.717, 1.165) is 109 Å². The first-order valence-electron chi connectivity index (χ1n) is 36.2. The van der Waals surface area contributed by atoms with Gasteiger partial charge in [0.15, 0.2) is 6.29 Å². The Kier molecular flexibility index (Phi) is 62.1. The molecule has 0 aromatic rings. The van der Waals surface area contributed by atoms with Crippen LogP contribution >= 0.6 is 0 Å². The zero-order valence-electron chi connectivity index (χ0n) is 56.6. The van der Waals surface area contributed by atoms with Crippen molar-refractivity contribution in [2.24, 2.45) is 0 Å². The molecule has 0 aromatic heterocycles. The molecule has 1 saturated heterocycles. The summed E-state index contributed by atoms with van der Waals surface area (Å²) in [6.07, 6.45) is 97.7. The fraction of sp³-hybridized carbons (Fsp3) is 0.662. The zero-order chi connectivity index (χ0) is 64.2. The maximum Gasteiger partial charge on any atom is 0.220 e. The Bertz CT molecular complexity index is 1970. The van der Waals surface area contributed by atoms with Crippen molar-refractivity contribution < 1.29 is 39.8 Å². The molecule has 7 unspecified atom stereocenters. The number of amides is 1. The van der Waals surface area contributed by atoms with Crippen LogP contribution in [-0.2, 0) is 14.3 Å². The molecular weight excluding hydrogens is 1100 g/mol.